The monoisotopic (exact) mass is 190 g/mol. The molecule has 74 valence electrons. The number of rotatable bonds is 3. The Kier molecular flexibility index (Phi) is 2.77. The second-order valence-electron chi connectivity index (χ2n) is 3.55. The van der Waals surface area contributed by atoms with Crippen molar-refractivity contribution in [3.05, 3.63) is 23.9 Å². The van der Waals surface area contributed by atoms with E-state index in [1.807, 2.05) is 18.2 Å². The van der Waals surface area contributed by atoms with Gasteiger partial charge in [-0.3, -0.25) is 0 Å². The predicted molar refractivity (Wildman–Crippen MR) is 55.5 cm³/mol. The standard InChI is InChI=1S/C11H14N2O/c14-9-6-10-4-3-5-11(12-10)13-7-1-2-8-13/h3-5,9H,1-2,6-8H2. The van der Waals surface area contributed by atoms with Crippen molar-refractivity contribution in [2.75, 3.05) is 18.0 Å². The minimum Gasteiger partial charge on any atom is -0.357 e. The average Bonchev–Trinajstić information content (AvgIpc) is 2.71. The van der Waals surface area contributed by atoms with Gasteiger partial charge in [0.05, 0.1) is 0 Å². The van der Waals surface area contributed by atoms with Crippen LogP contribution in [0.15, 0.2) is 18.2 Å². The fraction of sp³-hybridized carbons (Fsp3) is 0.455. The second kappa shape index (κ2) is 4.22. The molecular formula is C11H14N2O. The van der Waals surface area contributed by atoms with Crippen molar-refractivity contribution in [1.29, 1.82) is 0 Å². The van der Waals surface area contributed by atoms with Crippen LogP contribution in [0.4, 0.5) is 5.82 Å². The number of anilines is 1. The highest BCUT2D eigenvalue weighted by molar-refractivity contribution is 5.54. The maximum atomic E-state index is 10.4. The van der Waals surface area contributed by atoms with E-state index in [1.54, 1.807) is 0 Å². The third kappa shape index (κ3) is 1.92. The zero-order valence-electron chi connectivity index (χ0n) is 8.15. The van der Waals surface area contributed by atoms with Gasteiger partial charge >= 0.3 is 0 Å². The summed E-state index contributed by atoms with van der Waals surface area (Å²) in [5.74, 6) is 1.02. The van der Waals surface area contributed by atoms with Gasteiger partial charge in [0.25, 0.3) is 0 Å². The Morgan fingerprint density at radius 1 is 1.36 bits per heavy atom. The van der Waals surface area contributed by atoms with Crippen LogP contribution in [-0.4, -0.2) is 24.4 Å². The van der Waals surface area contributed by atoms with Crippen molar-refractivity contribution >= 4 is 12.1 Å². The summed E-state index contributed by atoms with van der Waals surface area (Å²) in [6.07, 6.45) is 3.82. The summed E-state index contributed by atoms with van der Waals surface area (Å²) in [7, 11) is 0. The quantitative estimate of drug-likeness (QED) is 0.676. The lowest BCUT2D eigenvalue weighted by Gasteiger charge is -2.16. The van der Waals surface area contributed by atoms with Gasteiger partial charge in [-0.05, 0) is 25.0 Å². The molecule has 0 N–H and O–H groups in total. The molecule has 1 aromatic rings. The highest BCUT2D eigenvalue weighted by atomic mass is 16.1. The van der Waals surface area contributed by atoms with E-state index in [0.717, 1.165) is 30.9 Å². The molecular weight excluding hydrogens is 176 g/mol. The Hall–Kier alpha value is -1.38. The van der Waals surface area contributed by atoms with Crippen LogP contribution in [-0.2, 0) is 11.2 Å². The molecule has 3 nitrogen and oxygen atoms in total. The number of carbonyl (C=O) groups excluding carboxylic acids is 1. The van der Waals surface area contributed by atoms with Crippen molar-refractivity contribution in [2.24, 2.45) is 0 Å². The summed E-state index contributed by atoms with van der Waals surface area (Å²) in [5, 5.41) is 0. The molecule has 0 unspecified atom stereocenters. The number of hydrogen-bond acceptors (Lipinski definition) is 3. The van der Waals surface area contributed by atoms with E-state index in [0.29, 0.717) is 6.42 Å². The fourth-order valence-electron chi connectivity index (χ4n) is 1.79. The molecule has 1 aliphatic rings. The lowest BCUT2D eigenvalue weighted by molar-refractivity contribution is -0.107. The molecule has 0 atom stereocenters. The van der Waals surface area contributed by atoms with Crippen LogP contribution < -0.4 is 4.90 Å². The predicted octanol–water partition coefficient (Wildman–Crippen LogP) is 1.42. The molecule has 0 spiro atoms. The van der Waals surface area contributed by atoms with Crippen molar-refractivity contribution in [2.45, 2.75) is 19.3 Å². The molecule has 1 saturated heterocycles. The van der Waals surface area contributed by atoms with Gasteiger partial charge in [-0.15, -0.1) is 0 Å². The van der Waals surface area contributed by atoms with Gasteiger partial charge < -0.3 is 9.69 Å². The van der Waals surface area contributed by atoms with Crippen LogP contribution in [0, 0.1) is 0 Å². The molecule has 0 amide bonds. The summed E-state index contributed by atoms with van der Waals surface area (Å²) >= 11 is 0. The van der Waals surface area contributed by atoms with Crippen LogP contribution >= 0.6 is 0 Å². The number of nitrogens with zero attached hydrogens (tertiary/aromatic N) is 2. The lowest BCUT2D eigenvalue weighted by Crippen LogP contribution is -2.19. The van der Waals surface area contributed by atoms with Crippen LogP contribution in [0.1, 0.15) is 18.5 Å². The summed E-state index contributed by atoms with van der Waals surface area (Å²) in [6.45, 7) is 2.19. The van der Waals surface area contributed by atoms with Crippen molar-refractivity contribution in [1.82, 2.24) is 4.98 Å². The molecule has 0 aliphatic carbocycles. The first kappa shape index (κ1) is 9.19. The van der Waals surface area contributed by atoms with Gasteiger partial charge in [0.1, 0.15) is 12.1 Å². The number of pyridine rings is 1. The number of aldehydes is 1. The maximum Gasteiger partial charge on any atom is 0.128 e. The Morgan fingerprint density at radius 3 is 2.86 bits per heavy atom. The molecule has 1 aromatic heterocycles. The SMILES string of the molecule is O=CCc1cccc(N2CCCC2)n1. The largest absolute Gasteiger partial charge is 0.357 e. The minimum atomic E-state index is 0.418. The summed E-state index contributed by atoms with van der Waals surface area (Å²) in [6, 6.07) is 5.88. The zero-order chi connectivity index (χ0) is 9.80. The topological polar surface area (TPSA) is 33.2 Å². The molecule has 2 heterocycles. The summed E-state index contributed by atoms with van der Waals surface area (Å²) < 4.78 is 0. The molecule has 3 heteroatoms. The Morgan fingerprint density at radius 2 is 2.14 bits per heavy atom. The van der Waals surface area contributed by atoms with Crippen LogP contribution in [0.25, 0.3) is 0 Å². The maximum absolute atomic E-state index is 10.4. The zero-order valence-corrected chi connectivity index (χ0v) is 8.15. The van der Waals surface area contributed by atoms with E-state index in [9.17, 15) is 4.79 Å². The Bertz CT molecular complexity index is 319. The Balaban J connectivity index is 2.16. The Labute approximate surface area is 83.8 Å². The van der Waals surface area contributed by atoms with Gasteiger partial charge in [0, 0.05) is 25.2 Å². The third-order valence-corrected chi connectivity index (χ3v) is 2.51. The van der Waals surface area contributed by atoms with Crippen LogP contribution in [0.2, 0.25) is 0 Å². The van der Waals surface area contributed by atoms with E-state index < -0.39 is 0 Å². The van der Waals surface area contributed by atoms with E-state index in [2.05, 4.69) is 9.88 Å². The normalized spacial score (nSPS) is 15.9. The van der Waals surface area contributed by atoms with E-state index in [-0.39, 0.29) is 0 Å². The molecule has 0 saturated carbocycles. The summed E-state index contributed by atoms with van der Waals surface area (Å²) in [4.78, 5) is 17.1. The second-order valence-corrected chi connectivity index (χ2v) is 3.55. The van der Waals surface area contributed by atoms with Crippen molar-refractivity contribution < 1.29 is 4.79 Å². The van der Waals surface area contributed by atoms with Gasteiger partial charge in [0.15, 0.2) is 0 Å². The molecule has 1 aliphatic heterocycles. The van der Waals surface area contributed by atoms with Crippen molar-refractivity contribution in [3.63, 3.8) is 0 Å². The minimum absolute atomic E-state index is 0.418. The third-order valence-electron chi connectivity index (χ3n) is 2.51. The van der Waals surface area contributed by atoms with Gasteiger partial charge in [-0.2, -0.15) is 0 Å². The first-order valence-electron chi connectivity index (χ1n) is 5.04. The fourth-order valence-corrected chi connectivity index (χ4v) is 1.79. The van der Waals surface area contributed by atoms with Crippen LogP contribution in [0.3, 0.4) is 0 Å². The molecule has 0 aromatic carbocycles. The first-order chi connectivity index (χ1) is 6.90. The van der Waals surface area contributed by atoms with E-state index >= 15 is 0 Å². The molecule has 14 heavy (non-hydrogen) atoms. The summed E-state index contributed by atoms with van der Waals surface area (Å²) in [5.41, 5.74) is 0.865. The van der Waals surface area contributed by atoms with Gasteiger partial charge in [0.2, 0.25) is 0 Å². The molecule has 0 radical (unpaired) electrons. The van der Waals surface area contributed by atoms with Crippen molar-refractivity contribution in [3.8, 4) is 0 Å². The molecule has 0 bridgehead atoms. The molecule has 1 fully saturated rings. The highest BCUT2D eigenvalue weighted by Crippen LogP contribution is 2.17. The number of aromatic nitrogens is 1. The smallest absolute Gasteiger partial charge is 0.128 e. The number of carbonyl (C=O) groups is 1. The van der Waals surface area contributed by atoms with E-state index in [1.165, 1.54) is 12.8 Å². The first-order valence-corrected chi connectivity index (χ1v) is 5.04. The average molecular weight is 190 g/mol. The lowest BCUT2D eigenvalue weighted by atomic mass is 10.3. The van der Waals surface area contributed by atoms with Crippen LogP contribution in [0.5, 0.6) is 0 Å². The van der Waals surface area contributed by atoms with Gasteiger partial charge in [-0.25, -0.2) is 4.98 Å². The van der Waals surface area contributed by atoms with E-state index in [4.69, 9.17) is 0 Å². The highest BCUT2D eigenvalue weighted by Gasteiger charge is 2.13. The van der Waals surface area contributed by atoms with Gasteiger partial charge in [-0.1, -0.05) is 6.07 Å². The number of hydrogen-bond donors (Lipinski definition) is 0. The molecule has 2 rings (SSSR count).